The maximum atomic E-state index is 13.1. The van der Waals surface area contributed by atoms with Gasteiger partial charge in [-0.25, -0.2) is 9.37 Å². The van der Waals surface area contributed by atoms with Crippen molar-refractivity contribution in [3.8, 4) is 11.3 Å². The average molecular weight is 269 g/mol. The number of imidazole rings is 1. The third-order valence-electron chi connectivity index (χ3n) is 2.30. The SMILES string of the molecule is Cc1cc(-c2ncn(C)c2Br)ccc1F. The number of rotatable bonds is 1. The minimum absolute atomic E-state index is 0.189. The fourth-order valence-corrected chi connectivity index (χ4v) is 1.82. The van der Waals surface area contributed by atoms with Gasteiger partial charge in [0.15, 0.2) is 0 Å². The summed E-state index contributed by atoms with van der Waals surface area (Å²) in [6, 6.07) is 4.99. The maximum absolute atomic E-state index is 13.1. The lowest BCUT2D eigenvalue weighted by Gasteiger charge is -2.01. The molecule has 0 aliphatic carbocycles. The lowest BCUT2D eigenvalue weighted by molar-refractivity contribution is 0.619. The van der Waals surface area contributed by atoms with E-state index in [-0.39, 0.29) is 5.82 Å². The number of aromatic nitrogens is 2. The Labute approximate surface area is 95.9 Å². The molecule has 0 spiro atoms. The number of benzene rings is 1. The molecule has 1 aromatic heterocycles. The van der Waals surface area contributed by atoms with Gasteiger partial charge in [0.2, 0.25) is 0 Å². The molecule has 0 saturated heterocycles. The quantitative estimate of drug-likeness (QED) is 0.776. The topological polar surface area (TPSA) is 17.8 Å². The van der Waals surface area contributed by atoms with E-state index in [0.29, 0.717) is 5.56 Å². The molecule has 0 bridgehead atoms. The van der Waals surface area contributed by atoms with Crippen LogP contribution in [0.4, 0.5) is 4.39 Å². The predicted octanol–water partition coefficient (Wildman–Crippen LogP) is 3.30. The van der Waals surface area contributed by atoms with Gasteiger partial charge in [-0.2, -0.15) is 0 Å². The van der Waals surface area contributed by atoms with Gasteiger partial charge in [0.25, 0.3) is 0 Å². The van der Waals surface area contributed by atoms with Crippen molar-refractivity contribution in [2.75, 3.05) is 0 Å². The van der Waals surface area contributed by atoms with Gasteiger partial charge in [0.1, 0.15) is 16.1 Å². The number of hydrogen-bond acceptors (Lipinski definition) is 1. The normalized spacial score (nSPS) is 10.7. The molecule has 0 atom stereocenters. The molecule has 2 nitrogen and oxygen atoms in total. The molecule has 0 fully saturated rings. The Balaban J connectivity index is 2.55. The van der Waals surface area contributed by atoms with Crippen LogP contribution in [0, 0.1) is 12.7 Å². The molecule has 0 amide bonds. The molecule has 78 valence electrons. The number of nitrogens with zero attached hydrogens (tertiary/aromatic N) is 2. The van der Waals surface area contributed by atoms with Gasteiger partial charge >= 0.3 is 0 Å². The highest BCUT2D eigenvalue weighted by atomic mass is 79.9. The summed E-state index contributed by atoms with van der Waals surface area (Å²) in [5, 5.41) is 0. The van der Waals surface area contributed by atoms with E-state index >= 15 is 0 Å². The summed E-state index contributed by atoms with van der Waals surface area (Å²) in [6.07, 6.45) is 1.72. The molecule has 0 aliphatic heterocycles. The summed E-state index contributed by atoms with van der Waals surface area (Å²) >= 11 is 3.44. The van der Waals surface area contributed by atoms with Crippen molar-refractivity contribution in [1.29, 1.82) is 0 Å². The van der Waals surface area contributed by atoms with Crippen molar-refractivity contribution in [3.05, 3.63) is 40.5 Å². The second kappa shape index (κ2) is 3.77. The van der Waals surface area contributed by atoms with E-state index in [4.69, 9.17) is 0 Å². The summed E-state index contributed by atoms with van der Waals surface area (Å²) in [4.78, 5) is 4.25. The van der Waals surface area contributed by atoms with Crippen LogP contribution in [-0.4, -0.2) is 9.55 Å². The van der Waals surface area contributed by atoms with Crippen molar-refractivity contribution in [3.63, 3.8) is 0 Å². The van der Waals surface area contributed by atoms with Crippen LogP contribution in [0.1, 0.15) is 5.56 Å². The zero-order valence-electron chi connectivity index (χ0n) is 8.46. The van der Waals surface area contributed by atoms with Crippen molar-refractivity contribution < 1.29 is 4.39 Å². The summed E-state index contributed by atoms with van der Waals surface area (Å²) in [7, 11) is 1.90. The number of halogens is 2. The van der Waals surface area contributed by atoms with Crippen molar-refractivity contribution >= 4 is 15.9 Å². The zero-order chi connectivity index (χ0) is 11.0. The van der Waals surface area contributed by atoms with E-state index in [1.54, 1.807) is 25.4 Å². The molecule has 2 rings (SSSR count). The second-order valence-corrected chi connectivity index (χ2v) is 4.21. The molecule has 0 unspecified atom stereocenters. The first-order valence-corrected chi connectivity index (χ1v) is 5.32. The Morgan fingerprint density at radius 1 is 1.40 bits per heavy atom. The second-order valence-electron chi connectivity index (χ2n) is 3.46. The molecule has 4 heteroatoms. The number of aryl methyl sites for hydroxylation is 2. The van der Waals surface area contributed by atoms with Gasteiger partial charge in [-0.1, -0.05) is 0 Å². The van der Waals surface area contributed by atoms with E-state index < -0.39 is 0 Å². The zero-order valence-corrected chi connectivity index (χ0v) is 10.0. The van der Waals surface area contributed by atoms with Crippen LogP contribution >= 0.6 is 15.9 Å². The van der Waals surface area contributed by atoms with E-state index in [1.807, 2.05) is 11.6 Å². The molecule has 0 N–H and O–H groups in total. The van der Waals surface area contributed by atoms with E-state index in [2.05, 4.69) is 20.9 Å². The van der Waals surface area contributed by atoms with Gasteiger partial charge in [-0.3, -0.25) is 0 Å². The molecule has 1 heterocycles. The van der Waals surface area contributed by atoms with Gasteiger partial charge in [-0.05, 0) is 46.6 Å². The van der Waals surface area contributed by atoms with Crippen LogP contribution in [0.15, 0.2) is 29.1 Å². The molecule has 0 saturated carbocycles. The fourth-order valence-electron chi connectivity index (χ4n) is 1.40. The summed E-state index contributed by atoms with van der Waals surface area (Å²) < 4.78 is 15.8. The van der Waals surface area contributed by atoms with Gasteiger partial charge in [0.05, 0.1) is 6.33 Å². The van der Waals surface area contributed by atoms with Gasteiger partial charge < -0.3 is 4.57 Å². The first-order valence-electron chi connectivity index (χ1n) is 4.53. The fraction of sp³-hybridized carbons (Fsp3) is 0.182. The first-order chi connectivity index (χ1) is 7.09. The van der Waals surface area contributed by atoms with Crippen molar-refractivity contribution in [2.45, 2.75) is 6.92 Å². The van der Waals surface area contributed by atoms with Crippen molar-refractivity contribution in [1.82, 2.24) is 9.55 Å². The average Bonchev–Trinajstić information content (AvgIpc) is 2.53. The Bertz CT molecular complexity index is 505. The van der Waals surface area contributed by atoms with E-state index in [0.717, 1.165) is 15.9 Å². The Morgan fingerprint density at radius 2 is 2.13 bits per heavy atom. The van der Waals surface area contributed by atoms with Crippen LogP contribution in [0.2, 0.25) is 0 Å². The van der Waals surface area contributed by atoms with Crippen LogP contribution < -0.4 is 0 Å². The summed E-state index contributed by atoms with van der Waals surface area (Å²) in [5.74, 6) is -0.189. The third-order valence-corrected chi connectivity index (χ3v) is 3.23. The van der Waals surface area contributed by atoms with Crippen LogP contribution in [0.25, 0.3) is 11.3 Å². The largest absolute Gasteiger partial charge is 0.328 e. The Hall–Kier alpha value is -1.16. The summed E-state index contributed by atoms with van der Waals surface area (Å²) in [5.41, 5.74) is 2.38. The van der Waals surface area contributed by atoms with Crippen LogP contribution in [0.5, 0.6) is 0 Å². The lowest BCUT2D eigenvalue weighted by Crippen LogP contribution is -1.87. The molecule has 15 heavy (non-hydrogen) atoms. The van der Waals surface area contributed by atoms with Crippen LogP contribution in [-0.2, 0) is 7.05 Å². The minimum atomic E-state index is -0.189. The number of hydrogen-bond donors (Lipinski definition) is 0. The smallest absolute Gasteiger partial charge is 0.126 e. The lowest BCUT2D eigenvalue weighted by atomic mass is 10.1. The Morgan fingerprint density at radius 3 is 2.67 bits per heavy atom. The highest BCUT2D eigenvalue weighted by Crippen LogP contribution is 2.27. The minimum Gasteiger partial charge on any atom is -0.328 e. The van der Waals surface area contributed by atoms with Crippen LogP contribution in [0.3, 0.4) is 0 Å². The highest BCUT2D eigenvalue weighted by Gasteiger charge is 2.09. The first kappa shape index (κ1) is 10.4. The summed E-state index contributed by atoms with van der Waals surface area (Å²) in [6.45, 7) is 1.75. The predicted molar refractivity (Wildman–Crippen MR) is 61.0 cm³/mol. The highest BCUT2D eigenvalue weighted by molar-refractivity contribution is 9.10. The van der Waals surface area contributed by atoms with E-state index in [1.165, 1.54) is 6.07 Å². The molecule has 0 radical (unpaired) electrons. The standard InChI is InChI=1S/C11H10BrFN2/c1-7-5-8(3-4-9(7)13)10-11(12)15(2)6-14-10/h3-6H,1-2H3. The molecule has 2 aromatic rings. The molecular formula is C11H10BrFN2. The van der Waals surface area contributed by atoms with E-state index in [9.17, 15) is 4.39 Å². The maximum Gasteiger partial charge on any atom is 0.126 e. The van der Waals surface area contributed by atoms with Crippen molar-refractivity contribution in [2.24, 2.45) is 7.05 Å². The Kier molecular flexibility index (Phi) is 2.61. The molecular weight excluding hydrogens is 259 g/mol. The third kappa shape index (κ3) is 1.81. The molecule has 1 aromatic carbocycles. The molecule has 0 aliphatic rings. The monoisotopic (exact) mass is 268 g/mol. The van der Waals surface area contributed by atoms with Gasteiger partial charge in [-0.15, -0.1) is 0 Å². The van der Waals surface area contributed by atoms with Gasteiger partial charge in [0, 0.05) is 12.6 Å².